The average Bonchev–Trinajstić information content (AvgIpc) is 3.26. The molecule has 1 saturated heterocycles. The van der Waals surface area contributed by atoms with Gasteiger partial charge in [-0.25, -0.2) is 4.98 Å². The first-order valence-electron chi connectivity index (χ1n) is 13.3. The summed E-state index contributed by atoms with van der Waals surface area (Å²) in [4.78, 5) is 26.7. The van der Waals surface area contributed by atoms with Crippen LogP contribution in [0, 0.1) is 0 Å². The number of carbonyl (C=O) groups excluding carboxylic acids is 1. The molecule has 3 heterocycles. The predicted molar refractivity (Wildman–Crippen MR) is 148 cm³/mol. The van der Waals surface area contributed by atoms with Crippen LogP contribution in [0.25, 0.3) is 22.4 Å². The summed E-state index contributed by atoms with van der Waals surface area (Å²) >= 11 is 0. The van der Waals surface area contributed by atoms with E-state index < -0.39 is 11.7 Å². The van der Waals surface area contributed by atoms with Gasteiger partial charge in [0.2, 0.25) is 0 Å². The van der Waals surface area contributed by atoms with Crippen LogP contribution in [-0.4, -0.2) is 52.1 Å². The molecule has 10 heteroatoms. The minimum Gasteiger partial charge on any atom is -0.354 e. The summed E-state index contributed by atoms with van der Waals surface area (Å²) in [7, 11) is 0. The van der Waals surface area contributed by atoms with Gasteiger partial charge < -0.3 is 14.3 Å². The van der Waals surface area contributed by atoms with E-state index in [4.69, 9.17) is 14.5 Å². The van der Waals surface area contributed by atoms with Crippen LogP contribution in [0.15, 0.2) is 89.5 Å². The molecule has 0 saturated carbocycles. The molecule has 1 aliphatic rings. The number of anilines is 1. The first kappa shape index (κ1) is 26.5. The van der Waals surface area contributed by atoms with Crippen LogP contribution >= 0.6 is 0 Å². The van der Waals surface area contributed by atoms with Crippen LogP contribution in [0.3, 0.4) is 0 Å². The minimum atomic E-state index is -4.45. The van der Waals surface area contributed by atoms with E-state index in [0.717, 1.165) is 23.3 Å². The highest BCUT2D eigenvalue weighted by atomic mass is 19.4. The Kier molecular flexibility index (Phi) is 7.13. The third-order valence-electron chi connectivity index (χ3n) is 7.16. The smallest absolute Gasteiger partial charge is 0.354 e. The second-order valence-electron chi connectivity index (χ2n) is 9.91. The molecular weight excluding hydrogens is 531 g/mol. The zero-order valence-corrected chi connectivity index (χ0v) is 22.0. The lowest BCUT2D eigenvalue weighted by Crippen LogP contribution is -2.35. The van der Waals surface area contributed by atoms with E-state index in [9.17, 15) is 18.0 Å². The van der Waals surface area contributed by atoms with Crippen LogP contribution in [0.1, 0.15) is 33.7 Å². The number of hydrogen-bond acceptors (Lipinski definition) is 6. The average molecular weight is 558 g/mol. The van der Waals surface area contributed by atoms with E-state index in [1.165, 1.54) is 12.1 Å². The number of rotatable bonds is 5. The molecule has 0 bridgehead atoms. The summed E-state index contributed by atoms with van der Waals surface area (Å²) in [5.41, 5.74) is 2.42. The molecule has 0 unspecified atom stereocenters. The van der Waals surface area contributed by atoms with E-state index >= 15 is 0 Å². The lowest BCUT2D eigenvalue weighted by Gasteiger charge is -2.24. The molecule has 3 aromatic carbocycles. The van der Waals surface area contributed by atoms with Gasteiger partial charge in [-0.3, -0.25) is 4.79 Å². The lowest BCUT2D eigenvalue weighted by molar-refractivity contribution is -0.137. The summed E-state index contributed by atoms with van der Waals surface area (Å²) in [5.74, 6) is 0.981. The summed E-state index contributed by atoms with van der Waals surface area (Å²) in [6.07, 6.45) is -3.29. The van der Waals surface area contributed by atoms with E-state index in [1.807, 2.05) is 60.7 Å². The SMILES string of the molecule is O=C(c1ccc(C(F)(F)F)cc1)N1CCCN(c2nc(Cc3ccccc3)nc3onc(-c4ccccc4)c23)CC1. The maximum Gasteiger partial charge on any atom is 0.416 e. The highest BCUT2D eigenvalue weighted by molar-refractivity contribution is 5.98. The largest absolute Gasteiger partial charge is 0.416 e. The van der Waals surface area contributed by atoms with E-state index in [1.54, 1.807) is 4.90 Å². The maximum absolute atomic E-state index is 13.2. The molecule has 1 aliphatic heterocycles. The van der Waals surface area contributed by atoms with Crippen LogP contribution in [0.2, 0.25) is 0 Å². The molecular formula is C31H26F3N5O2. The maximum atomic E-state index is 13.2. The van der Waals surface area contributed by atoms with Crippen molar-refractivity contribution in [2.75, 3.05) is 31.1 Å². The van der Waals surface area contributed by atoms with Crippen molar-refractivity contribution in [2.24, 2.45) is 0 Å². The van der Waals surface area contributed by atoms with Gasteiger partial charge in [-0.05, 0) is 36.2 Å². The molecule has 41 heavy (non-hydrogen) atoms. The predicted octanol–water partition coefficient (Wildman–Crippen LogP) is 6.25. The summed E-state index contributed by atoms with van der Waals surface area (Å²) in [6, 6.07) is 24.0. The molecule has 2 aromatic heterocycles. The normalized spacial score (nSPS) is 14.3. The van der Waals surface area contributed by atoms with Crippen molar-refractivity contribution < 1.29 is 22.5 Å². The molecule has 0 aliphatic carbocycles. The summed E-state index contributed by atoms with van der Waals surface area (Å²) in [5, 5.41) is 5.06. The second kappa shape index (κ2) is 11.0. The number of benzene rings is 3. The Balaban J connectivity index is 1.31. The van der Waals surface area contributed by atoms with Crippen LogP contribution in [0.4, 0.5) is 19.0 Å². The monoisotopic (exact) mass is 557 g/mol. The zero-order chi connectivity index (χ0) is 28.4. The highest BCUT2D eigenvalue weighted by Gasteiger charge is 2.31. The minimum absolute atomic E-state index is 0.228. The van der Waals surface area contributed by atoms with Gasteiger partial charge in [0.15, 0.2) is 0 Å². The van der Waals surface area contributed by atoms with Gasteiger partial charge in [0.05, 0.1) is 5.56 Å². The zero-order valence-electron chi connectivity index (χ0n) is 22.0. The van der Waals surface area contributed by atoms with Gasteiger partial charge in [-0.2, -0.15) is 18.2 Å². The Morgan fingerprint density at radius 1 is 0.829 bits per heavy atom. The van der Waals surface area contributed by atoms with Crippen molar-refractivity contribution in [3.63, 3.8) is 0 Å². The molecule has 1 fully saturated rings. The van der Waals surface area contributed by atoms with Crippen molar-refractivity contribution >= 4 is 22.8 Å². The van der Waals surface area contributed by atoms with Crippen LogP contribution in [-0.2, 0) is 12.6 Å². The van der Waals surface area contributed by atoms with Crippen LogP contribution < -0.4 is 4.90 Å². The van der Waals surface area contributed by atoms with Crippen molar-refractivity contribution in [1.29, 1.82) is 0 Å². The number of amides is 1. The molecule has 208 valence electrons. The van der Waals surface area contributed by atoms with Crippen LogP contribution in [0.5, 0.6) is 0 Å². The van der Waals surface area contributed by atoms with Gasteiger partial charge in [-0.15, -0.1) is 0 Å². The first-order valence-corrected chi connectivity index (χ1v) is 13.3. The lowest BCUT2D eigenvalue weighted by atomic mass is 10.1. The first-order chi connectivity index (χ1) is 19.9. The van der Waals surface area contributed by atoms with E-state index in [2.05, 4.69) is 10.1 Å². The standard InChI is InChI=1S/C31H26F3N5O2/c32-31(33,34)24-14-12-23(13-15-24)30(40)39-17-7-16-38(18-19-39)28-26-27(22-10-5-2-6-11-22)37-41-29(26)36-25(35-28)20-21-8-3-1-4-9-21/h1-6,8-15H,7,16-20H2. The third-order valence-corrected chi connectivity index (χ3v) is 7.16. The van der Waals surface area contributed by atoms with Gasteiger partial charge in [0.25, 0.3) is 11.6 Å². The number of nitrogens with zero attached hydrogens (tertiary/aromatic N) is 5. The quantitative estimate of drug-likeness (QED) is 0.254. The molecule has 7 nitrogen and oxygen atoms in total. The Bertz CT molecular complexity index is 1660. The van der Waals surface area contributed by atoms with Crippen molar-refractivity contribution in [3.8, 4) is 11.3 Å². The molecule has 0 atom stereocenters. The van der Waals surface area contributed by atoms with Gasteiger partial charge >= 0.3 is 6.18 Å². The second-order valence-corrected chi connectivity index (χ2v) is 9.91. The Morgan fingerprint density at radius 2 is 1.54 bits per heavy atom. The molecule has 0 N–H and O–H groups in total. The van der Waals surface area contributed by atoms with Gasteiger partial charge in [0, 0.05) is 43.7 Å². The molecule has 1 amide bonds. The Labute approximate surface area is 234 Å². The summed E-state index contributed by atoms with van der Waals surface area (Å²) < 4.78 is 44.7. The van der Waals surface area contributed by atoms with E-state index in [0.29, 0.717) is 67.5 Å². The Morgan fingerprint density at radius 3 is 2.24 bits per heavy atom. The number of alkyl halides is 3. The number of carbonyl (C=O) groups is 1. The summed E-state index contributed by atoms with van der Waals surface area (Å²) in [6.45, 7) is 1.94. The molecule has 5 aromatic rings. The molecule has 0 radical (unpaired) electrons. The number of halogens is 3. The van der Waals surface area contributed by atoms with Crippen molar-refractivity contribution in [3.05, 3.63) is 107 Å². The fraction of sp³-hybridized carbons (Fsp3) is 0.226. The van der Waals surface area contributed by atoms with Crippen molar-refractivity contribution in [1.82, 2.24) is 20.0 Å². The highest BCUT2D eigenvalue weighted by Crippen LogP contribution is 2.35. The topological polar surface area (TPSA) is 75.4 Å². The van der Waals surface area contributed by atoms with Gasteiger partial charge in [-0.1, -0.05) is 65.8 Å². The fourth-order valence-electron chi connectivity index (χ4n) is 5.08. The fourth-order valence-corrected chi connectivity index (χ4v) is 5.08. The number of aromatic nitrogens is 3. The van der Waals surface area contributed by atoms with Crippen molar-refractivity contribution in [2.45, 2.75) is 19.0 Å². The van der Waals surface area contributed by atoms with E-state index in [-0.39, 0.29) is 11.5 Å². The number of hydrogen-bond donors (Lipinski definition) is 0. The molecule has 0 spiro atoms. The van der Waals surface area contributed by atoms with Gasteiger partial charge in [0.1, 0.15) is 22.7 Å². The Hall–Kier alpha value is -4.73. The molecule has 6 rings (SSSR count). The number of fused-ring (bicyclic) bond motifs is 1. The third kappa shape index (κ3) is 5.63.